The van der Waals surface area contributed by atoms with Crippen molar-refractivity contribution < 1.29 is 14.7 Å². The van der Waals surface area contributed by atoms with Gasteiger partial charge in [0.15, 0.2) is 5.16 Å². The van der Waals surface area contributed by atoms with Crippen molar-refractivity contribution in [1.29, 1.82) is 0 Å². The van der Waals surface area contributed by atoms with Gasteiger partial charge in [0.05, 0.1) is 5.75 Å². The molecule has 1 aromatic heterocycles. The lowest BCUT2D eigenvalue weighted by atomic mass is 10.3. The summed E-state index contributed by atoms with van der Waals surface area (Å²) in [6.07, 6.45) is 3.34. The van der Waals surface area contributed by atoms with Gasteiger partial charge in [-0.1, -0.05) is 11.8 Å². The van der Waals surface area contributed by atoms with Gasteiger partial charge in [0.1, 0.15) is 5.82 Å². The zero-order valence-corrected chi connectivity index (χ0v) is 12.2. The molecule has 110 valence electrons. The number of carboxylic acids is 1. The van der Waals surface area contributed by atoms with Crippen LogP contribution in [0.25, 0.3) is 0 Å². The van der Waals surface area contributed by atoms with E-state index in [0.717, 1.165) is 30.4 Å². The summed E-state index contributed by atoms with van der Waals surface area (Å²) < 4.78 is 1.86. The summed E-state index contributed by atoms with van der Waals surface area (Å²) in [4.78, 5) is 22.1. The molecule has 1 fully saturated rings. The van der Waals surface area contributed by atoms with Crippen molar-refractivity contribution in [2.75, 3.05) is 5.75 Å². The average Bonchev–Trinajstić information content (AvgIpc) is 3.12. The van der Waals surface area contributed by atoms with Crippen LogP contribution in [0, 0.1) is 6.92 Å². The highest BCUT2D eigenvalue weighted by Crippen LogP contribution is 2.19. The first-order valence-corrected chi connectivity index (χ1v) is 7.58. The van der Waals surface area contributed by atoms with E-state index in [9.17, 15) is 9.59 Å². The van der Waals surface area contributed by atoms with Gasteiger partial charge in [0, 0.05) is 19.0 Å². The molecule has 8 heteroatoms. The quantitative estimate of drug-likeness (QED) is 0.690. The summed E-state index contributed by atoms with van der Waals surface area (Å²) in [5.74, 6) is -0.107. The van der Waals surface area contributed by atoms with Gasteiger partial charge in [-0.3, -0.25) is 9.59 Å². The fourth-order valence-electron chi connectivity index (χ4n) is 1.78. The zero-order chi connectivity index (χ0) is 14.5. The summed E-state index contributed by atoms with van der Waals surface area (Å²) in [6.45, 7) is 2.45. The second kappa shape index (κ2) is 6.74. The number of carbonyl (C=O) groups excluding carboxylic acids is 1. The van der Waals surface area contributed by atoms with Gasteiger partial charge in [-0.15, -0.1) is 10.2 Å². The Kier molecular flexibility index (Phi) is 4.99. The standard InChI is InChI=1S/C12H18N4O3S/c1-8-14-15-12(20-7-11(18)19)16(8)6-2-3-10(17)13-9-4-5-9/h9H,2-7H2,1H3,(H,13,17)(H,18,19). The van der Waals surface area contributed by atoms with Gasteiger partial charge in [0.25, 0.3) is 0 Å². The van der Waals surface area contributed by atoms with E-state index >= 15 is 0 Å². The summed E-state index contributed by atoms with van der Waals surface area (Å²) in [6, 6.07) is 0.390. The first-order valence-electron chi connectivity index (χ1n) is 6.60. The molecule has 0 aliphatic heterocycles. The molecule has 1 aromatic rings. The Balaban J connectivity index is 1.79. The van der Waals surface area contributed by atoms with Gasteiger partial charge >= 0.3 is 5.97 Å². The second-order valence-corrected chi connectivity index (χ2v) is 5.75. The molecule has 0 radical (unpaired) electrons. The molecule has 0 bridgehead atoms. The first kappa shape index (κ1) is 14.8. The molecule has 1 aliphatic carbocycles. The number of nitrogens with zero attached hydrogens (tertiary/aromatic N) is 3. The van der Waals surface area contributed by atoms with Gasteiger partial charge in [0.2, 0.25) is 5.91 Å². The Morgan fingerprint density at radius 2 is 2.20 bits per heavy atom. The molecule has 1 heterocycles. The number of aromatic nitrogens is 3. The molecule has 0 aromatic carbocycles. The first-order chi connectivity index (χ1) is 9.56. The van der Waals surface area contributed by atoms with E-state index in [1.807, 2.05) is 11.5 Å². The van der Waals surface area contributed by atoms with E-state index in [0.29, 0.717) is 30.6 Å². The molecule has 0 atom stereocenters. The molecule has 2 rings (SSSR count). The number of carbonyl (C=O) groups is 2. The molecule has 1 aliphatic rings. The Bertz CT molecular complexity index is 499. The van der Waals surface area contributed by atoms with Crippen LogP contribution in [-0.4, -0.2) is 43.5 Å². The minimum atomic E-state index is -0.883. The highest BCUT2D eigenvalue weighted by molar-refractivity contribution is 7.99. The number of aliphatic carboxylic acids is 1. The molecule has 0 spiro atoms. The number of carboxylic acid groups (broad SMARTS) is 1. The van der Waals surface area contributed by atoms with Gasteiger partial charge < -0.3 is 15.0 Å². The van der Waals surface area contributed by atoms with E-state index in [-0.39, 0.29) is 11.7 Å². The predicted molar refractivity (Wildman–Crippen MR) is 73.5 cm³/mol. The third-order valence-corrected chi connectivity index (χ3v) is 3.91. The van der Waals surface area contributed by atoms with E-state index < -0.39 is 5.97 Å². The van der Waals surface area contributed by atoms with Crippen molar-refractivity contribution in [1.82, 2.24) is 20.1 Å². The van der Waals surface area contributed by atoms with Crippen LogP contribution < -0.4 is 5.32 Å². The van der Waals surface area contributed by atoms with Crippen LogP contribution in [0.3, 0.4) is 0 Å². The van der Waals surface area contributed by atoms with Crippen molar-refractivity contribution in [2.24, 2.45) is 0 Å². The Morgan fingerprint density at radius 1 is 1.45 bits per heavy atom. The molecule has 0 saturated heterocycles. The number of amides is 1. The van der Waals surface area contributed by atoms with Crippen molar-refractivity contribution in [3.8, 4) is 0 Å². The number of hydrogen-bond acceptors (Lipinski definition) is 5. The van der Waals surface area contributed by atoms with Crippen LogP contribution in [0.5, 0.6) is 0 Å². The van der Waals surface area contributed by atoms with E-state index in [1.54, 1.807) is 0 Å². The van der Waals surface area contributed by atoms with E-state index in [1.165, 1.54) is 0 Å². The fraction of sp³-hybridized carbons (Fsp3) is 0.667. The largest absolute Gasteiger partial charge is 0.481 e. The van der Waals surface area contributed by atoms with E-state index in [4.69, 9.17) is 5.11 Å². The minimum Gasteiger partial charge on any atom is -0.481 e. The van der Waals surface area contributed by atoms with Crippen LogP contribution in [0.4, 0.5) is 0 Å². The molecule has 7 nitrogen and oxygen atoms in total. The van der Waals surface area contributed by atoms with Crippen LogP contribution in [0.1, 0.15) is 31.5 Å². The maximum atomic E-state index is 11.6. The van der Waals surface area contributed by atoms with Crippen LogP contribution in [0.15, 0.2) is 5.16 Å². The highest BCUT2D eigenvalue weighted by Gasteiger charge is 2.22. The van der Waals surface area contributed by atoms with Crippen LogP contribution >= 0.6 is 11.8 Å². The van der Waals surface area contributed by atoms with Crippen molar-refractivity contribution in [3.63, 3.8) is 0 Å². The third-order valence-electron chi connectivity index (χ3n) is 2.95. The second-order valence-electron chi connectivity index (χ2n) is 4.81. The Labute approximate surface area is 121 Å². The maximum absolute atomic E-state index is 11.6. The average molecular weight is 298 g/mol. The highest BCUT2D eigenvalue weighted by atomic mass is 32.2. The number of hydrogen-bond donors (Lipinski definition) is 2. The molecular formula is C12H18N4O3S. The molecule has 0 unspecified atom stereocenters. The minimum absolute atomic E-state index is 0.0414. The van der Waals surface area contributed by atoms with Crippen molar-refractivity contribution >= 4 is 23.6 Å². The number of rotatable bonds is 8. The SMILES string of the molecule is Cc1nnc(SCC(=O)O)n1CCCC(=O)NC1CC1. The van der Waals surface area contributed by atoms with Gasteiger partial charge in [-0.25, -0.2) is 0 Å². The lowest BCUT2D eigenvalue weighted by Crippen LogP contribution is -2.25. The van der Waals surface area contributed by atoms with Crippen LogP contribution in [-0.2, 0) is 16.1 Å². The van der Waals surface area contributed by atoms with Gasteiger partial charge in [-0.2, -0.15) is 0 Å². The van der Waals surface area contributed by atoms with Crippen molar-refractivity contribution in [2.45, 2.75) is 50.4 Å². The fourth-order valence-corrected chi connectivity index (χ4v) is 2.51. The molecule has 20 heavy (non-hydrogen) atoms. The third kappa shape index (κ3) is 4.52. The lowest BCUT2D eigenvalue weighted by molar-refractivity contribution is -0.134. The normalized spacial score (nSPS) is 14.2. The molecule has 2 N–H and O–H groups in total. The number of thioether (sulfide) groups is 1. The molecule has 1 amide bonds. The summed E-state index contributed by atoms with van der Waals surface area (Å²) in [5, 5.41) is 20.1. The number of aryl methyl sites for hydroxylation is 1. The topological polar surface area (TPSA) is 97.1 Å². The Hall–Kier alpha value is -1.57. The van der Waals surface area contributed by atoms with E-state index in [2.05, 4.69) is 15.5 Å². The summed E-state index contributed by atoms with van der Waals surface area (Å²) in [5.41, 5.74) is 0. The lowest BCUT2D eigenvalue weighted by Gasteiger charge is -2.07. The monoisotopic (exact) mass is 298 g/mol. The van der Waals surface area contributed by atoms with Crippen molar-refractivity contribution in [3.05, 3.63) is 5.82 Å². The summed E-state index contributed by atoms with van der Waals surface area (Å²) in [7, 11) is 0. The van der Waals surface area contributed by atoms with Crippen LogP contribution in [0.2, 0.25) is 0 Å². The predicted octanol–water partition coefficient (Wildman–Crippen LogP) is 0.822. The molecule has 1 saturated carbocycles. The Morgan fingerprint density at radius 3 is 2.85 bits per heavy atom. The number of nitrogens with one attached hydrogen (secondary N) is 1. The maximum Gasteiger partial charge on any atom is 0.313 e. The smallest absolute Gasteiger partial charge is 0.313 e. The zero-order valence-electron chi connectivity index (χ0n) is 11.3. The molecular weight excluding hydrogens is 280 g/mol. The van der Waals surface area contributed by atoms with Gasteiger partial charge in [-0.05, 0) is 26.2 Å². The summed E-state index contributed by atoms with van der Waals surface area (Å²) >= 11 is 1.14.